The van der Waals surface area contributed by atoms with Crippen LogP contribution in [0.25, 0.3) is 33.5 Å². The summed E-state index contributed by atoms with van der Waals surface area (Å²) in [6.07, 6.45) is 0.484. The number of benzene rings is 2. The molecule has 5 rings (SSSR count). The standard InChI is InChI=1S/C25H21F4N5O2/c26-19-9-15(16-11-30-24(31-12-16)34-7-1-2-14(13-34)8-22(35)36)3-5-18(19)23-32-20-6-4-17(25(27,28)29)10-21(20)33-23/h3-6,9-12,14H,1-2,7-8,13H2,(H,32,33)(H,35,36). The van der Waals surface area contributed by atoms with Crippen molar-refractivity contribution in [3.63, 3.8) is 0 Å². The molecule has 0 bridgehead atoms. The van der Waals surface area contributed by atoms with Gasteiger partial charge in [0.1, 0.15) is 11.6 Å². The van der Waals surface area contributed by atoms with Crippen molar-refractivity contribution in [1.82, 2.24) is 19.9 Å². The summed E-state index contributed by atoms with van der Waals surface area (Å²) in [6, 6.07) is 7.59. The van der Waals surface area contributed by atoms with E-state index in [0.29, 0.717) is 29.1 Å². The number of nitrogens with one attached hydrogen (secondary N) is 1. The summed E-state index contributed by atoms with van der Waals surface area (Å²) >= 11 is 0. The van der Waals surface area contributed by atoms with Crippen molar-refractivity contribution in [3.05, 3.63) is 60.2 Å². The minimum atomic E-state index is -4.49. The summed E-state index contributed by atoms with van der Waals surface area (Å²) < 4.78 is 53.9. The Balaban J connectivity index is 1.35. The number of fused-ring (bicyclic) bond motifs is 1. The third-order valence-corrected chi connectivity index (χ3v) is 6.27. The van der Waals surface area contributed by atoms with Gasteiger partial charge in [0.15, 0.2) is 0 Å². The minimum Gasteiger partial charge on any atom is -0.481 e. The van der Waals surface area contributed by atoms with Crippen LogP contribution < -0.4 is 4.90 Å². The summed E-state index contributed by atoms with van der Waals surface area (Å²) in [7, 11) is 0. The number of carboxylic acids is 1. The quantitative estimate of drug-likeness (QED) is 0.351. The van der Waals surface area contributed by atoms with Crippen molar-refractivity contribution >= 4 is 23.0 Å². The molecule has 186 valence electrons. The molecule has 1 saturated heterocycles. The fourth-order valence-corrected chi connectivity index (χ4v) is 4.49. The Hall–Kier alpha value is -4.02. The number of nitrogens with zero attached hydrogens (tertiary/aromatic N) is 4. The van der Waals surface area contributed by atoms with Crippen molar-refractivity contribution in [2.45, 2.75) is 25.4 Å². The first-order chi connectivity index (χ1) is 17.2. The minimum absolute atomic E-state index is 0.0412. The van der Waals surface area contributed by atoms with Crippen LogP contribution in [-0.2, 0) is 11.0 Å². The summed E-state index contributed by atoms with van der Waals surface area (Å²) in [5, 5.41) is 9.05. The molecule has 1 atom stereocenters. The molecule has 4 aromatic rings. The Morgan fingerprint density at radius 3 is 2.58 bits per heavy atom. The molecule has 7 nitrogen and oxygen atoms in total. The number of halogens is 4. The van der Waals surface area contributed by atoms with Gasteiger partial charge in [-0.3, -0.25) is 4.79 Å². The van der Waals surface area contributed by atoms with Gasteiger partial charge in [0.05, 0.1) is 22.2 Å². The Morgan fingerprint density at radius 1 is 1.11 bits per heavy atom. The average Bonchev–Trinajstić information content (AvgIpc) is 3.26. The number of aliphatic carboxylic acids is 1. The van der Waals surface area contributed by atoms with E-state index in [1.165, 1.54) is 18.2 Å². The van der Waals surface area contributed by atoms with Gasteiger partial charge in [-0.2, -0.15) is 13.2 Å². The molecule has 2 aromatic carbocycles. The van der Waals surface area contributed by atoms with E-state index < -0.39 is 23.5 Å². The van der Waals surface area contributed by atoms with Crippen molar-refractivity contribution in [3.8, 4) is 22.5 Å². The monoisotopic (exact) mass is 499 g/mol. The molecule has 1 unspecified atom stereocenters. The van der Waals surface area contributed by atoms with Gasteiger partial charge in [-0.15, -0.1) is 0 Å². The van der Waals surface area contributed by atoms with Gasteiger partial charge in [-0.1, -0.05) is 6.07 Å². The summed E-state index contributed by atoms with van der Waals surface area (Å²) in [5.74, 6) is -0.761. The predicted octanol–water partition coefficient (Wildman–Crippen LogP) is 5.54. The van der Waals surface area contributed by atoms with Gasteiger partial charge >= 0.3 is 12.1 Å². The highest BCUT2D eigenvalue weighted by atomic mass is 19.4. The number of anilines is 1. The molecule has 2 aromatic heterocycles. The molecular weight excluding hydrogens is 478 g/mol. The Kier molecular flexibility index (Phi) is 6.07. The first-order valence-corrected chi connectivity index (χ1v) is 11.3. The molecule has 1 fully saturated rings. The van der Waals surface area contributed by atoms with Crippen molar-refractivity contribution in [2.75, 3.05) is 18.0 Å². The SMILES string of the molecule is O=C(O)CC1CCCN(c2ncc(-c3ccc(-c4nc5ccc(C(F)(F)F)cc5[nH]4)c(F)c3)cn2)C1. The molecule has 1 aliphatic heterocycles. The normalized spacial score (nSPS) is 16.4. The second-order valence-corrected chi connectivity index (χ2v) is 8.83. The number of piperidine rings is 1. The molecule has 11 heteroatoms. The summed E-state index contributed by atoms with van der Waals surface area (Å²) in [5.41, 5.74) is 0.887. The van der Waals surface area contributed by atoms with Crippen LogP contribution in [0.3, 0.4) is 0 Å². The molecule has 0 saturated carbocycles. The van der Waals surface area contributed by atoms with E-state index in [-0.39, 0.29) is 29.2 Å². The van der Waals surface area contributed by atoms with Crippen LogP contribution in [0, 0.1) is 11.7 Å². The number of H-pyrrole nitrogens is 1. The lowest BCUT2D eigenvalue weighted by Crippen LogP contribution is -2.37. The van der Waals surface area contributed by atoms with Gasteiger partial charge in [0.25, 0.3) is 0 Å². The molecule has 1 aliphatic rings. The van der Waals surface area contributed by atoms with E-state index in [1.54, 1.807) is 18.5 Å². The number of carbonyl (C=O) groups is 1. The number of aromatic amines is 1. The number of hydrogen-bond donors (Lipinski definition) is 2. The van der Waals surface area contributed by atoms with Crippen molar-refractivity contribution < 1.29 is 27.5 Å². The number of alkyl halides is 3. The van der Waals surface area contributed by atoms with Crippen LogP contribution in [0.2, 0.25) is 0 Å². The van der Waals surface area contributed by atoms with Gasteiger partial charge in [-0.25, -0.2) is 19.3 Å². The molecule has 0 amide bonds. The number of aromatic nitrogens is 4. The van der Waals surface area contributed by atoms with E-state index in [4.69, 9.17) is 5.11 Å². The van der Waals surface area contributed by atoms with E-state index in [1.807, 2.05) is 4.90 Å². The van der Waals surface area contributed by atoms with Gasteiger partial charge in [0, 0.05) is 37.5 Å². The molecule has 0 aliphatic carbocycles. The Labute approximate surface area is 202 Å². The molecule has 0 spiro atoms. The van der Waals surface area contributed by atoms with Gasteiger partial charge in [0.2, 0.25) is 5.95 Å². The average molecular weight is 499 g/mol. The van der Waals surface area contributed by atoms with E-state index in [2.05, 4.69) is 19.9 Å². The molecule has 36 heavy (non-hydrogen) atoms. The number of carboxylic acid groups (broad SMARTS) is 1. The Morgan fingerprint density at radius 2 is 1.89 bits per heavy atom. The second kappa shape index (κ2) is 9.21. The third-order valence-electron chi connectivity index (χ3n) is 6.27. The predicted molar refractivity (Wildman–Crippen MR) is 125 cm³/mol. The van der Waals surface area contributed by atoms with Crippen LogP contribution in [-0.4, -0.2) is 44.1 Å². The maximum atomic E-state index is 15.0. The van der Waals surface area contributed by atoms with Crippen LogP contribution in [0.5, 0.6) is 0 Å². The van der Waals surface area contributed by atoms with E-state index >= 15 is 0 Å². The molecule has 3 heterocycles. The zero-order valence-corrected chi connectivity index (χ0v) is 18.9. The van der Waals surface area contributed by atoms with Crippen LogP contribution in [0.4, 0.5) is 23.5 Å². The largest absolute Gasteiger partial charge is 0.481 e. The fraction of sp³-hybridized carbons (Fsp3) is 0.280. The zero-order chi connectivity index (χ0) is 25.4. The van der Waals surface area contributed by atoms with E-state index in [9.17, 15) is 22.4 Å². The van der Waals surface area contributed by atoms with Crippen molar-refractivity contribution in [1.29, 1.82) is 0 Å². The van der Waals surface area contributed by atoms with Crippen LogP contribution in [0.15, 0.2) is 48.8 Å². The second-order valence-electron chi connectivity index (χ2n) is 8.83. The number of hydrogen-bond acceptors (Lipinski definition) is 5. The Bertz CT molecular complexity index is 1420. The lowest BCUT2D eigenvalue weighted by Gasteiger charge is -2.32. The third kappa shape index (κ3) is 4.86. The first-order valence-electron chi connectivity index (χ1n) is 11.3. The maximum Gasteiger partial charge on any atom is 0.416 e. The lowest BCUT2D eigenvalue weighted by molar-refractivity contribution is -0.138. The van der Waals surface area contributed by atoms with Gasteiger partial charge in [-0.05, 0) is 54.7 Å². The summed E-state index contributed by atoms with van der Waals surface area (Å²) in [4.78, 5) is 28.8. The maximum absolute atomic E-state index is 15.0. The van der Waals surface area contributed by atoms with E-state index in [0.717, 1.165) is 31.5 Å². The topological polar surface area (TPSA) is 95.0 Å². The zero-order valence-electron chi connectivity index (χ0n) is 18.9. The molecule has 0 radical (unpaired) electrons. The highest BCUT2D eigenvalue weighted by Crippen LogP contribution is 2.33. The van der Waals surface area contributed by atoms with Crippen LogP contribution >= 0.6 is 0 Å². The smallest absolute Gasteiger partial charge is 0.416 e. The molecular formula is C25H21F4N5O2. The summed E-state index contributed by atoms with van der Waals surface area (Å²) in [6.45, 7) is 1.30. The van der Waals surface area contributed by atoms with Crippen molar-refractivity contribution in [2.24, 2.45) is 5.92 Å². The highest BCUT2D eigenvalue weighted by Gasteiger charge is 2.31. The molecule has 2 N–H and O–H groups in total. The first kappa shape index (κ1) is 23.7. The number of rotatable bonds is 5. The highest BCUT2D eigenvalue weighted by molar-refractivity contribution is 5.81. The van der Waals surface area contributed by atoms with Gasteiger partial charge < -0.3 is 15.0 Å². The lowest BCUT2D eigenvalue weighted by atomic mass is 9.95. The van der Waals surface area contributed by atoms with Crippen LogP contribution in [0.1, 0.15) is 24.8 Å². The fourth-order valence-electron chi connectivity index (χ4n) is 4.49. The number of imidazole rings is 1.